The summed E-state index contributed by atoms with van der Waals surface area (Å²) in [5.74, 6) is 1.71. The van der Waals surface area contributed by atoms with Crippen molar-refractivity contribution in [2.24, 2.45) is 18.9 Å². The minimum Gasteiger partial charge on any atom is -0.313 e. The van der Waals surface area contributed by atoms with E-state index in [0.717, 1.165) is 35.6 Å². The Hall–Kier alpha value is -0.540. The molecule has 0 aromatic carbocycles. The van der Waals surface area contributed by atoms with Crippen molar-refractivity contribution in [1.82, 2.24) is 15.1 Å². The summed E-state index contributed by atoms with van der Waals surface area (Å²) in [6.07, 6.45) is 7.64. The Balaban J connectivity index is 2.09. The molecule has 1 fully saturated rings. The van der Waals surface area contributed by atoms with Crippen LogP contribution in [0.15, 0.2) is 0 Å². The molecule has 0 bridgehead atoms. The van der Waals surface area contributed by atoms with Gasteiger partial charge in [-0.15, -0.1) is 0 Å². The molecule has 4 heteroatoms. The quantitative estimate of drug-likeness (QED) is 0.821. The Morgan fingerprint density at radius 2 is 2.14 bits per heavy atom. The van der Waals surface area contributed by atoms with Crippen LogP contribution in [0.3, 0.4) is 0 Å². The van der Waals surface area contributed by atoms with Crippen molar-refractivity contribution in [3.63, 3.8) is 0 Å². The number of rotatable bonds is 7. The Labute approximate surface area is 134 Å². The van der Waals surface area contributed by atoms with E-state index in [1.807, 2.05) is 7.05 Å². The summed E-state index contributed by atoms with van der Waals surface area (Å²) in [5, 5.41) is 9.04. The first-order valence-corrected chi connectivity index (χ1v) is 8.85. The predicted octanol–water partition coefficient (Wildman–Crippen LogP) is 4.12. The van der Waals surface area contributed by atoms with Gasteiger partial charge in [-0.2, -0.15) is 5.10 Å². The highest BCUT2D eigenvalue weighted by atomic mass is 35.5. The maximum absolute atomic E-state index is 6.43. The van der Waals surface area contributed by atoms with Gasteiger partial charge in [-0.05, 0) is 51.0 Å². The Morgan fingerprint density at radius 1 is 1.38 bits per heavy atom. The van der Waals surface area contributed by atoms with Crippen LogP contribution in [0.1, 0.15) is 57.2 Å². The van der Waals surface area contributed by atoms with E-state index in [4.69, 9.17) is 11.6 Å². The SMILES string of the molecule is CCCNC(Cc1c(C)nn(C)c1Cl)C1CCC(CC)C1. The van der Waals surface area contributed by atoms with Crippen molar-refractivity contribution in [2.45, 2.75) is 65.3 Å². The summed E-state index contributed by atoms with van der Waals surface area (Å²) in [5.41, 5.74) is 2.31. The fourth-order valence-electron chi connectivity index (χ4n) is 3.71. The van der Waals surface area contributed by atoms with Gasteiger partial charge < -0.3 is 5.32 Å². The lowest BCUT2D eigenvalue weighted by Gasteiger charge is -2.25. The number of hydrogen-bond acceptors (Lipinski definition) is 2. The molecule has 3 unspecified atom stereocenters. The second kappa shape index (κ2) is 7.64. The zero-order chi connectivity index (χ0) is 15.4. The summed E-state index contributed by atoms with van der Waals surface area (Å²) in [6.45, 7) is 7.72. The predicted molar refractivity (Wildman–Crippen MR) is 89.9 cm³/mol. The van der Waals surface area contributed by atoms with Gasteiger partial charge in [0.1, 0.15) is 5.15 Å². The van der Waals surface area contributed by atoms with E-state index in [9.17, 15) is 0 Å². The van der Waals surface area contributed by atoms with E-state index in [1.54, 1.807) is 4.68 Å². The smallest absolute Gasteiger partial charge is 0.130 e. The number of nitrogens with one attached hydrogen (secondary N) is 1. The van der Waals surface area contributed by atoms with Crippen LogP contribution in [0, 0.1) is 18.8 Å². The van der Waals surface area contributed by atoms with Crippen molar-refractivity contribution in [1.29, 1.82) is 0 Å². The third-order valence-corrected chi connectivity index (χ3v) is 5.55. The lowest BCUT2D eigenvalue weighted by molar-refractivity contribution is 0.343. The summed E-state index contributed by atoms with van der Waals surface area (Å²) >= 11 is 6.43. The van der Waals surface area contributed by atoms with Gasteiger partial charge in [-0.3, -0.25) is 4.68 Å². The molecule has 1 heterocycles. The van der Waals surface area contributed by atoms with E-state index >= 15 is 0 Å². The molecule has 1 aromatic heterocycles. The van der Waals surface area contributed by atoms with Crippen LogP contribution in [0.5, 0.6) is 0 Å². The van der Waals surface area contributed by atoms with E-state index in [0.29, 0.717) is 6.04 Å². The molecule has 0 amide bonds. The zero-order valence-electron chi connectivity index (χ0n) is 14.0. The van der Waals surface area contributed by atoms with Crippen LogP contribution in [0.2, 0.25) is 5.15 Å². The highest BCUT2D eigenvalue weighted by Gasteiger charge is 2.31. The van der Waals surface area contributed by atoms with Gasteiger partial charge in [0.15, 0.2) is 0 Å². The van der Waals surface area contributed by atoms with Gasteiger partial charge in [0.25, 0.3) is 0 Å². The van der Waals surface area contributed by atoms with Crippen LogP contribution >= 0.6 is 11.6 Å². The Kier molecular flexibility index (Phi) is 6.12. The van der Waals surface area contributed by atoms with Gasteiger partial charge in [-0.25, -0.2) is 0 Å². The van der Waals surface area contributed by atoms with Crippen LogP contribution < -0.4 is 5.32 Å². The average molecular weight is 312 g/mol. The van der Waals surface area contributed by atoms with Gasteiger partial charge >= 0.3 is 0 Å². The molecule has 0 aliphatic heterocycles. The number of aromatic nitrogens is 2. The summed E-state index contributed by atoms with van der Waals surface area (Å²) in [7, 11) is 1.93. The lowest BCUT2D eigenvalue weighted by atomic mass is 9.91. The van der Waals surface area contributed by atoms with Crippen molar-refractivity contribution < 1.29 is 0 Å². The lowest BCUT2D eigenvalue weighted by Crippen LogP contribution is -2.38. The van der Waals surface area contributed by atoms with Crippen LogP contribution in [-0.4, -0.2) is 22.4 Å². The highest BCUT2D eigenvalue weighted by molar-refractivity contribution is 6.30. The fourth-order valence-corrected chi connectivity index (χ4v) is 3.96. The van der Waals surface area contributed by atoms with Crippen molar-refractivity contribution in [3.8, 4) is 0 Å². The monoisotopic (exact) mass is 311 g/mol. The van der Waals surface area contributed by atoms with Crippen LogP contribution in [0.25, 0.3) is 0 Å². The zero-order valence-corrected chi connectivity index (χ0v) is 14.7. The van der Waals surface area contributed by atoms with Crippen molar-refractivity contribution in [2.75, 3.05) is 6.54 Å². The molecular formula is C17H30ClN3. The number of hydrogen-bond donors (Lipinski definition) is 1. The molecule has 120 valence electrons. The van der Waals surface area contributed by atoms with Crippen LogP contribution in [0.4, 0.5) is 0 Å². The molecule has 21 heavy (non-hydrogen) atoms. The third-order valence-electron chi connectivity index (χ3n) is 5.08. The Morgan fingerprint density at radius 3 is 2.67 bits per heavy atom. The number of nitrogens with zero attached hydrogens (tertiary/aromatic N) is 2. The molecule has 1 saturated carbocycles. The Bertz CT molecular complexity index is 455. The molecule has 0 spiro atoms. The minimum absolute atomic E-state index is 0.543. The minimum atomic E-state index is 0.543. The van der Waals surface area contributed by atoms with E-state index in [1.165, 1.54) is 37.7 Å². The number of halogens is 1. The molecule has 3 atom stereocenters. The van der Waals surface area contributed by atoms with Gasteiger partial charge in [-0.1, -0.05) is 38.3 Å². The number of aryl methyl sites for hydroxylation is 2. The molecule has 0 saturated heterocycles. The first-order valence-electron chi connectivity index (χ1n) is 8.48. The van der Waals surface area contributed by atoms with Crippen molar-refractivity contribution >= 4 is 11.6 Å². The molecule has 0 radical (unpaired) electrons. The molecule has 1 aromatic rings. The molecule has 2 rings (SSSR count). The topological polar surface area (TPSA) is 29.9 Å². The van der Waals surface area contributed by atoms with Gasteiger partial charge in [0.05, 0.1) is 5.69 Å². The van der Waals surface area contributed by atoms with E-state index in [2.05, 4.69) is 31.2 Å². The van der Waals surface area contributed by atoms with Gasteiger partial charge in [0.2, 0.25) is 0 Å². The molecule has 1 N–H and O–H groups in total. The summed E-state index contributed by atoms with van der Waals surface area (Å²) in [6, 6.07) is 0.543. The second-order valence-electron chi connectivity index (χ2n) is 6.59. The highest BCUT2D eigenvalue weighted by Crippen LogP contribution is 2.36. The van der Waals surface area contributed by atoms with Gasteiger partial charge in [0, 0.05) is 18.7 Å². The second-order valence-corrected chi connectivity index (χ2v) is 6.95. The molecule has 1 aliphatic rings. The van der Waals surface area contributed by atoms with Crippen LogP contribution in [-0.2, 0) is 13.5 Å². The fraction of sp³-hybridized carbons (Fsp3) is 0.824. The maximum Gasteiger partial charge on any atom is 0.130 e. The maximum atomic E-state index is 6.43. The van der Waals surface area contributed by atoms with E-state index in [-0.39, 0.29) is 0 Å². The first kappa shape index (κ1) is 16.8. The van der Waals surface area contributed by atoms with E-state index < -0.39 is 0 Å². The standard InChI is InChI=1S/C17H30ClN3/c1-5-9-19-16(14-8-7-13(6-2)10-14)11-15-12(3)20-21(4)17(15)18/h13-14,16,19H,5-11H2,1-4H3. The summed E-state index contributed by atoms with van der Waals surface area (Å²) in [4.78, 5) is 0. The molecule has 3 nitrogen and oxygen atoms in total. The normalized spacial score (nSPS) is 23.7. The largest absolute Gasteiger partial charge is 0.313 e. The molecule has 1 aliphatic carbocycles. The third kappa shape index (κ3) is 4.01. The average Bonchev–Trinajstić information content (AvgIpc) is 3.03. The summed E-state index contributed by atoms with van der Waals surface area (Å²) < 4.78 is 1.80. The van der Waals surface area contributed by atoms with Crippen molar-refractivity contribution in [3.05, 3.63) is 16.4 Å². The molecular weight excluding hydrogens is 282 g/mol. The first-order chi connectivity index (χ1) is 10.1.